The van der Waals surface area contributed by atoms with E-state index in [0.29, 0.717) is 18.7 Å². The summed E-state index contributed by atoms with van der Waals surface area (Å²) in [5.74, 6) is 0. The summed E-state index contributed by atoms with van der Waals surface area (Å²) in [6, 6.07) is 14.5. The lowest BCUT2D eigenvalue weighted by molar-refractivity contribution is -0.384. The monoisotopic (exact) mass is 364 g/mol. The predicted molar refractivity (Wildman–Crippen MR) is 102 cm³/mol. The van der Waals surface area contributed by atoms with Crippen molar-refractivity contribution in [3.63, 3.8) is 0 Å². The van der Waals surface area contributed by atoms with Crippen molar-refractivity contribution >= 4 is 22.7 Å². The Bertz CT molecular complexity index is 974. The minimum atomic E-state index is -0.507. The largest absolute Gasteiger partial charge is 0.384 e. The number of anilines is 1. The second-order valence-electron chi connectivity index (χ2n) is 5.79. The topological polar surface area (TPSA) is 91.8 Å². The molecule has 0 aliphatic rings. The highest BCUT2D eigenvalue weighted by atomic mass is 32.1. The molecule has 130 valence electrons. The number of nitrogens with zero attached hydrogens (tertiary/aromatic N) is 3. The van der Waals surface area contributed by atoms with Gasteiger partial charge in [-0.15, -0.1) is 11.3 Å². The van der Waals surface area contributed by atoms with E-state index in [1.807, 2.05) is 11.4 Å². The maximum absolute atomic E-state index is 10.8. The molecule has 6 nitrogen and oxygen atoms in total. The van der Waals surface area contributed by atoms with Gasteiger partial charge in [-0.1, -0.05) is 29.8 Å². The number of hydrogen-bond acceptors (Lipinski definition) is 6. The maximum atomic E-state index is 10.8. The zero-order valence-electron chi connectivity index (χ0n) is 14.1. The summed E-state index contributed by atoms with van der Waals surface area (Å²) in [6.07, 6.45) is 0.699. The van der Waals surface area contributed by atoms with Gasteiger partial charge in [0.05, 0.1) is 21.9 Å². The van der Waals surface area contributed by atoms with Gasteiger partial charge in [0, 0.05) is 36.0 Å². The smallest absolute Gasteiger partial charge is 0.270 e. The number of nitrogens with one attached hydrogen (secondary N) is 1. The number of nitro benzene ring substituents is 1. The minimum absolute atomic E-state index is 0.0886. The molecule has 0 unspecified atom stereocenters. The zero-order valence-corrected chi connectivity index (χ0v) is 14.9. The Morgan fingerprint density at radius 1 is 1.27 bits per heavy atom. The quantitative estimate of drug-likeness (QED) is 0.511. The molecule has 1 aromatic heterocycles. The number of nitro groups is 1. The van der Waals surface area contributed by atoms with Crippen LogP contribution in [-0.4, -0.2) is 16.5 Å². The van der Waals surface area contributed by atoms with E-state index in [0.717, 1.165) is 16.3 Å². The maximum Gasteiger partial charge on any atom is 0.270 e. The van der Waals surface area contributed by atoms with Crippen LogP contribution in [-0.2, 0) is 6.42 Å². The molecular formula is C19H16N4O2S. The van der Waals surface area contributed by atoms with Gasteiger partial charge in [0.2, 0.25) is 0 Å². The molecule has 26 heavy (non-hydrogen) atoms. The lowest BCUT2D eigenvalue weighted by Crippen LogP contribution is -2.06. The number of hydrogen-bond donors (Lipinski definition) is 1. The third-order valence-electron chi connectivity index (χ3n) is 3.88. The highest BCUT2D eigenvalue weighted by Gasteiger charge is 2.11. The first kappa shape index (κ1) is 17.6. The number of aryl methyl sites for hydroxylation is 1. The van der Waals surface area contributed by atoms with Gasteiger partial charge in [-0.2, -0.15) is 5.26 Å². The first-order chi connectivity index (χ1) is 12.6. The van der Waals surface area contributed by atoms with Gasteiger partial charge in [0.1, 0.15) is 11.1 Å². The number of aromatic nitrogens is 1. The van der Waals surface area contributed by atoms with Crippen LogP contribution in [0.2, 0.25) is 0 Å². The van der Waals surface area contributed by atoms with Crippen molar-refractivity contribution in [2.75, 3.05) is 11.9 Å². The Labute approximate surface area is 154 Å². The normalized spacial score (nSPS) is 10.3. The Kier molecular flexibility index (Phi) is 5.25. The lowest BCUT2D eigenvalue weighted by Gasteiger charge is -2.07. The van der Waals surface area contributed by atoms with Crippen molar-refractivity contribution in [3.05, 3.63) is 74.8 Å². The van der Waals surface area contributed by atoms with E-state index < -0.39 is 4.92 Å². The Morgan fingerprint density at radius 2 is 2.04 bits per heavy atom. The molecule has 3 aromatic rings. The first-order valence-electron chi connectivity index (χ1n) is 8.00. The van der Waals surface area contributed by atoms with Crippen LogP contribution in [0.25, 0.3) is 10.6 Å². The second kappa shape index (κ2) is 7.76. The van der Waals surface area contributed by atoms with Crippen molar-refractivity contribution in [2.24, 2.45) is 0 Å². The lowest BCUT2D eigenvalue weighted by atomic mass is 10.1. The van der Waals surface area contributed by atoms with Gasteiger partial charge in [0.25, 0.3) is 5.69 Å². The van der Waals surface area contributed by atoms with Gasteiger partial charge < -0.3 is 5.32 Å². The van der Waals surface area contributed by atoms with E-state index in [4.69, 9.17) is 5.26 Å². The molecule has 0 saturated heterocycles. The molecule has 0 saturated carbocycles. The fraction of sp³-hybridized carbons (Fsp3) is 0.158. The predicted octanol–water partition coefficient (Wildman–Crippen LogP) is 4.55. The van der Waals surface area contributed by atoms with E-state index in [2.05, 4.69) is 41.5 Å². The summed E-state index contributed by atoms with van der Waals surface area (Å²) in [5.41, 5.74) is 4.05. The number of rotatable bonds is 6. The third-order valence-corrected chi connectivity index (χ3v) is 4.82. The van der Waals surface area contributed by atoms with Gasteiger partial charge in [-0.05, 0) is 13.0 Å². The molecule has 2 aromatic carbocycles. The molecule has 0 spiro atoms. The fourth-order valence-corrected chi connectivity index (χ4v) is 3.33. The average molecular weight is 364 g/mol. The molecule has 0 aliphatic heterocycles. The van der Waals surface area contributed by atoms with Gasteiger partial charge >= 0.3 is 0 Å². The molecule has 0 radical (unpaired) electrons. The molecule has 0 atom stereocenters. The van der Waals surface area contributed by atoms with E-state index in [-0.39, 0.29) is 11.3 Å². The van der Waals surface area contributed by atoms with Crippen LogP contribution in [0.5, 0.6) is 0 Å². The first-order valence-corrected chi connectivity index (χ1v) is 8.88. The summed E-state index contributed by atoms with van der Waals surface area (Å²) in [6.45, 7) is 2.64. The number of thiazole rings is 1. The number of nitriles is 1. The Morgan fingerprint density at radius 3 is 2.73 bits per heavy atom. The Hall–Kier alpha value is -3.24. The van der Waals surface area contributed by atoms with E-state index in [9.17, 15) is 10.1 Å². The fourth-order valence-electron chi connectivity index (χ4n) is 2.47. The molecule has 1 N–H and O–H groups in total. The van der Waals surface area contributed by atoms with Crippen molar-refractivity contribution in [3.8, 4) is 16.6 Å². The van der Waals surface area contributed by atoms with E-state index in [1.165, 1.54) is 17.7 Å². The summed E-state index contributed by atoms with van der Waals surface area (Å²) in [4.78, 5) is 14.9. The molecule has 0 bridgehead atoms. The number of benzene rings is 2. The van der Waals surface area contributed by atoms with Crippen LogP contribution in [0.1, 0.15) is 16.8 Å². The van der Waals surface area contributed by atoms with Gasteiger partial charge in [-0.3, -0.25) is 10.1 Å². The second-order valence-corrected chi connectivity index (χ2v) is 6.64. The summed E-state index contributed by atoms with van der Waals surface area (Å²) in [7, 11) is 0. The standard InChI is InChI=1S/C19H16N4O2S/c1-13-2-4-14(5-3-13)19-22-16(12-26-19)8-9-21-18-7-6-17(23(24)25)10-15(18)11-20/h2-7,10,12,21H,8-9H2,1H3. The molecule has 7 heteroatoms. The van der Waals surface area contributed by atoms with Crippen molar-refractivity contribution in [2.45, 2.75) is 13.3 Å². The summed E-state index contributed by atoms with van der Waals surface area (Å²) >= 11 is 1.60. The molecule has 0 amide bonds. The van der Waals surface area contributed by atoms with Crippen molar-refractivity contribution in [1.29, 1.82) is 5.26 Å². The highest BCUT2D eigenvalue weighted by Crippen LogP contribution is 2.25. The van der Waals surface area contributed by atoms with Crippen molar-refractivity contribution in [1.82, 2.24) is 4.98 Å². The molecule has 0 aliphatic carbocycles. The molecule has 0 fully saturated rings. The van der Waals surface area contributed by atoms with Gasteiger partial charge in [-0.25, -0.2) is 4.98 Å². The average Bonchev–Trinajstić information content (AvgIpc) is 3.11. The van der Waals surface area contributed by atoms with Crippen LogP contribution >= 0.6 is 11.3 Å². The van der Waals surface area contributed by atoms with Crippen LogP contribution in [0, 0.1) is 28.4 Å². The zero-order chi connectivity index (χ0) is 18.5. The Balaban J connectivity index is 1.63. The molecule has 3 rings (SSSR count). The van der Waals surface area contributed by atoms with Crippen molar-refractivity contribution < 1.29 is 4.92 Å². The SMILES string of the molecule is Cc1ccc(-c2nc(CCNc3ccc([N+](=O)[O-])cc3C#N)cs2)cc1. The third kappa shape index (κ3) is 4.05. The van der Waals surface area contributed by atoms with E-state index >= 15 is 0 Å². The van der Waals surface area contributed by atoms with Crippen LogP contribution in [0.4, 0.5) is 11.4 Å². The van der Waals surface area contributed by atoms with Gasteiger partial charge in [0.15, 0.2) is 0 Å². The molecule has 1 heterocycles. The van der Waals surface area contributed by atoms with Crippen LogP contribution in [0.3, 0.4) is 0 Å². The highest BCUT2D eigenvalue weighted by molar-refractivity contribution is 7.13. The minimum Gasteiger partial charge on any atom is -0.384 e. The number of non-ortho nitro benzene ring substituents is 1. The molecular weight excluding hydrogens is 348 g/mol. The van der Waals surface area contributed by atoms with E-state index in [1.54, 1.807) is 17.4 Å². The van der Waals surface area contributed by atoms with Crippen LogP contribution in [0.15, 0.2) is 47.8 Å². The summed E-state index contributed by atoms with van der Waals surface area (Å²) < 4.78 is 0. The summed E-state index contributed by atoms with van der Waals surface area (Å²) in [5, 5.41) is 26.1. The van der Waals surface area contributed by atoms with Crippen LogP contribution < -0.4 is 5.32 Å².